The van der Waals surface area contributed by atoms with Gasteiger partial charge < -0.3 is 30.7 Å². The van der Waals surface area contributed by atoms with Crippen molar-refractivity contribution in [1.82, 2.24) is 30.8 Å². The monoisotopic (exact) mass is 833 g/mol. The van der Waals surface area contributed by atoms with Crippen molar-refractivity contribution in [2.24, 2.45) is 5.41 Å². The van der Waals surface area contributed by atoms with Crippen LogP contribution in [0, 0.1) is 28.9 Å². The quantitative estimate of drug-likeness (QED) is 0.101. The van der Waals surface area contributed by atoms with E-state index in [-0.39, 0.29) is 30.6 Å². The molecule has 5 atom stereocenters. The normalized spacial score (nSPS) is 18.2. The van der Waals surface area contributed by atoms with Gasteiger partial charge in [-0.25, -0.2) is 18.6 Å². The molecular formula is C44H48F5N7O4. The topological polar surface area (TPSA) is 132 Å². The first-order valence-electron chi connectivity index (χ1n) is 19.6. The van der Waals surface area contributed by atoms with Crippen molar-refractivity contribution in [3.05, 3.63) is 113 Å². The number of anilines is 1. The Morgan fingerprint density at radius 2 is 1.58 bits per heavy atom. The second-order valence-electron chi connectivity index (χ2n) is 15.7. The molecule has 2 aliphatic rings. The zero-order chi connectivity index (χ0) is 43.2. The Bertz CT molecular complexity index is 2140. The molecule has 4 heterocycles. The number of aliphatic hydroxyl groups is 1. The molecule has 2 aliphatic heterocycles. The number of amides is 2. The van der Waals surface area contributed by atoms with Gasteiger partial charge in [0.05, 0.1) is 30.4 Å². The molecule has 2 amide bonds. The summed E-state index contributed by atoms with van der Waals surface area (Å²) < 4.78 is 77.2. The smallest absolute Gasteiger partial charge is 0.407 e. The Morgan fingerprint density at radius 3 is 2.17 bits per heavy atom. The van der Waals surface area contributed by atoms with E-state index in [1.165, 1.54) is 19.0 Å². The summed E-state index contributed by atoms with van der Waals surface area (Å²) in [5.74, 6) is 4.16. The van der Waals surface area contributed by atoms with Gasteiger partial charge in [0.2, 0.25) is 5.91 Å². The second-order valence-corrected chi connectivity index (χ2v) is 15.7. The van der Waals surface area contributed by atoms with Gasteiger partial charge in [0.15, 0.2) is 0 Å². The second kappa shape index (κ2) is 18.7. The molecule has 0 spiro atoms. The Hall–Kier alpha value is -5.63. The fourth-order valence-electron chi connectivity index (χ4n) is 7.47. The van der Waals surface area contributed by atoms with Gasteiger partial charge in [-0.1, -0.05) is 30.0 Å². The van der Waals surface area contributed by atoms with Gasteiger partial charge in [-0.05, 0) is 94.3 Å². The van der Waals surface area contributed by atoms with Gasteiger partial charge in [0, 0.05) is 72.9 Å². The maximum absolute atomic E-state index is 15.1. The number of rotatable bonds is 13. The van der Waals surface area contributed by atoms with Crippen molar-refractivity contribution in [3.8, 4) is 23.1 Å². The zero-order valence-corrected chi connectivity index (χ0v) is 33.7. The van der Waals surface area contributed by atoms with Crippen molar-refractivity contribution in [2.45, 2.75) is 76.1 Å². The first-order valence-corrected chi connectivity index (χ1v) is 19.6. The fraction of sp³-hybridized carbons (Fsp3) is 0.409. The van der Waals surface area contributed by atoms with E-state index in [0.29, 0.717) is 28.9 Å². The number of carbonyl (C=O) groups excluding carboxylic acids is 2. The first kappa shape index (κ1) is 43.9. The average Bonchev–Trinajstić information content (AvgIpc) is 3.41. The number of benzene rings is 2. The van der Waals surface area contributed by atoms with E-state index in [4.69, 9.17) is 0 Å². The molecule has 318 valence electrons. The lowest BCUT2D eigenvalue weighted by Crippen LogP contribution is -2.62. The number of hydrogen-bond acceptors (Lipinski definition) is 9. The lowest BCUT2D eigenvalue weighted by molar-refractivity contribution is -0.220. The van der Waals surface area contributed by atoms with Gasteiger partial charge in [0.1, 0.15) is 23.5 Å². The van der Waals surface area contributed by atoms with Crippen molar-refractivity contribution in [3.63, 3.8) is 0 Å². The third kappa shape index (κ3) is 10.4. The summed E-state index contributed by atoms with van der Waals surface area (Å²) in [6.07, 6.45) is -2.17. The van der Waals surface area contributed by atoms with E-state index >= 15 is 8.78 Å². The molecule has 2 aromatic carbocycles. The van der Waals surface area contributed by atoms with Gasteiger partial charge >= 0.3 is 12.3 Å². The number of halogens is 5. The molecule has 0 aliphatic carbocycles. The minimum atomic E-state index is -4.94. The average molecular weight is 834 g/mol. The van der Waals surface area contributed by atoms with Crippen molar-refractivity contribution >= 4 is 17.8 Å². The van der Waals surface area contributed by atoms with Crippen LogP contribution in [0.3, 0.4) is 0 Å². The minimum Gasteiger partial charge on any atom is -0.453 e. The molecule has 2 fully saturated rings. The Labute approximate surface area is 345 Å². The molecule has 6 rings (SSSR count). The van der Waals surface area contributed by atoms with Crippen LogP contribution in [-0.4, -0.2) is 102 Å². The molecule has 16 heteroatoms. The number of alkyl halides is 3. The maximum atomic E-state index is 15.1. The highest BCUT2D eigenvalue weighted by Crippen LogP contribution is 2.40. The Balaban J connectivity index is 1.15. The molecule has 4 N–H and O–H groups in total. The number of carbonyl (C=O) groups is 2. The summed E-state index contributed by atoms with van der Waals surface area (Å²) in [6.45, 7) is 2.68. The molecule has 4 aromatic rings. The Morgan fingerprint density at radius 1 is 0.933 bits per heavy atom. The highest BCUT2D eigenvalue weighted by molar-refractivity contribution is 5.87. The van der Waals surface area contributed by atoms with Gasteiger partial charge in [-0.2, -0.15) is 13.2 Å². The number of alkyl carbamates (subject to hydrolysis) is 1. The third-order valence-corrected chi connectivity index (χ3v) is 11.4. The lowest BCUT2D eigenvalue weighted by Gasteiger charge is -2.39. The predicted molar refractivity (Wildman–Crippen MR) is 216 cm³/mol. The summed E-state index contributed by atoms with van der Waals surface area (Å²) in [4.78, 5) is 39.3. The number of fused-ring (bicyclic) bond motifs is 2. The number of aliphatic hydroxyl groups excluding tert-OH is 1. The number of likely N-dealkylation sites (N-methyl/N-ethyl adjacent to an activating group) is 1. The van der Waals surface area contributed by atoms with Crippen LogP contribution < -0.4 is 20.9 Å². The summed E-state index contributed by atoms with van der Waals surface area (Å²) in [5, 5.41) is 18.6. The summed E-state index contributed by atoms with van der Waals surface area (Å²) in [6, 6.07) is 15.6. The number of nitrogens with zero attached hydrogens (tertiary/aromatic N) is 4. The van der Waals surface area contributed by atoms with Gasteiger partial charge in [-0.3, -0.25) is 14.7 Å². The number of hydrogen-bond donors (Lipinski definition) is 4. The van der Waals surface area contributed by atoms with Gasteiger partial charge in [-0.15, -0.1) is 0 Å². The number of methoxy groups -OCH3 is 1. The van der Waals surface area contributed by atoms with Gasteiger partial charge in [0.25, 0.3) is 0 Å². The van der Waals surface area contributed by atoms with Crippen LogP contribution in [0.25, 0.3) is 11.3 Å². The number of pyridine rings is 2. The summed E-state index contributed by atoms with van der Waals surface area (Å²) in [7, 11) is 3.13. The molecule has 60 heavy (non-hydrogen) atoms. The molecule has 0 radical (unpaired) electrons. The lowest BCUT2D eigenvalue weighted by atomic mass is 9.82. The summed E-state index contributed by atoms with van der Waals surface area (Å²) >= 11 is 0. The van der Waals surface area contributed by atoms with E-state index in [1.54, 1.807) is 48.7 Å². The van der Waals surface area contributed by atoms with Crippen molar-refractivity contribution < 1.29 is 41.4 Å². The van der Waals surface area contributed by atoms with Crippen LogP contribution in [0.15, 0.2) is 79.1 Å². The molecular weight excluding hydrogens is 786 g/mol. The molecule has 11 nitrogen and oxygen atoms in total. The van der Waals surface area contributed by atoms with E-state index < -0.39 is 53.4 Å². The number of ether oxygens (including phenoxy) is 1. The zero-order valence-electron chi connectivity index (χ0n) is 33.7. The van der Waals surface area contributed by atoms with E-state index in [1.807, 2.05) is 17.4 Å². The van der Waals surface area contributed by atoms with E-state index in [2.05, 4.69) is 54.0 Å². The van der Waals surface area contributed by atoms with Crippen molar-refractivity contribution in [1.29, 1.82) is 0 Å². The first-order chi connectivity index (χ1) is 28.5. The summed E-state index contributed by atoms with van der Waals surface area (Å²) in [5.41, 5.74) is -0.547. The Kier molecular flexibility index (Phi) is 13.7. The standard InChI is InChI=1S/C44H48F5N7O4/c1-43(2,44(47,48)49)40(54-42(59)60-4)41(58)53-37(38(57)24-50-23-33-34(45)20-30(21-35(33)46)36-7-5-6-18-51-36)19-28-11-8-27(9-12-28)10-13-29-14-17-39(52-22-29)56-25-31-15-16-32(26-56)55(31)3/h5-9,11-12,14,17-18,20-22,31-32,37-38,40,50,57H,15-16,19,23-26H2,1-4H3,(H,53,58)(H,54,59)/t31?,32?,37-,38-,40+/m0/s1. The van der Waals surface area contributed by atoms with E-state index in [0.717, 1.165) is 57.6 Å². The molecule has 0 saturated carbocycles. The number of piperazine rings is 1. The van der Waals surface area contributed by atoms with Crippen LogP contribution in [-0.2, 0) is 22.5 Å². The SMILES string of the molecule is COC(=O)N[C@H](C(=O)N[C@@H](Cc1ccc(C#Cc2ccc(N3CC4CCC(C3)N4C)nc2)cc1)[C@@H](O)CNCc1c(F)cc(-c2ccccn2)cc1F)C(C)(C)C(F)(F)F. The third-order valence-electron chi connectivity index (χ3n) is 11.4. The minimum absolute atomic E-state index is 0.0828. The van der Waals surface area contributed by atoms with Crippen molar-refractivity contribution in [2.75, 3.05) is 38.7 Å². The molecule has 2 unspecified atom stereocenters. The van der Waals surface area contributed by atoms with Crippen LogP contribution in [0.2, 0.25) is 0 Å². The highest BCUT2D eigenvalue weighted by Gasteiger charge is 2.56. The van der Waals surface area contributed by atoms with Crippen LogP contribution in [0.1, 0.15) is 48.9 Å². The van der Waals surface area contributed by atoms with Crippen LogP contribution in [0.4, 0.5) is 32.6 Å². The van der Waals surface area contributed by atoms with Crippen LogP contribution >= 0.6 is 0 Å². The van der Waals surface area contributed by atoms with Crippen LogP contribution in [0.5, 0.6) is 0 Å². The maximum Gasteiger partial charge on any atom is 0.407 e. The number of aromatic nitrogens is 2. The number of nitrogens with one attached hydrogen (secondary N) is 3. The molecule has 2 aromatic heterocycles. The largest absolute Gasteiger partial charge is 0.453 e. The molecule has 2 bridgehead atoms. The molecule has 2 saturated heterocycles. The fourth-order valence-corrected chi connectivity index (χ4v) is 7.47. The predicted octanol–water partition coefficient (Wildman–Crippen LogP) is 5.60. The highest BCUT2D eigenvalue weighted by atomic mass is 19.4. The van der Waals surface area contributed by atoms with E-state index in [9.17, 15) is 27.9 Å².